The Bertz CT molecular complexity index is 877. The van der Waals surface area contributed by atoms with Gasteiger partial charge in [-0.15, -0.1) is 0 Å². The van der Waals surface area contributed by atoms with Crippen LogP contribution in [0.3, 0.4) is 0 Å². The molecule has 1 heterocycles. The zero-order valence-electron chi connectivity index (χ0n) is 16.0. The second kappa shape index (κ2) is 7.10. The van der Waals surface area contributed by atoms with Gasteiger partial charge in [-0.05, 0) is 23.8 Å². The van der Waals surface area contributed by atoms with Gasteiger partial charge in [0.2, 0.25) is 5.91 Å². The largest absolute Gasteiger partial charge is 0.468 e. The van der Waals surface area contributed by atoms with Gasteiger partial charge in [0.05, 0.1) is 7.11 Å². The van der Waals surface area contributed by atoms with E-state index < -0.39 is 47.4 Å². The highest BCUT2D eigenvalue weighted by atomic mass is 16.6. The van der Waals surface area contributed by atoms with E-state index in [1.165, 1.54) is 38.0 Å². The van der Waals surface area contributed by atoms with Crippen molar-refractivity contribution in [3.63, 3.8) is 0 Å². The Morgan fingerprint density at radius 1 is 1.04 bits per heavy atom. The van der Waals surface area contributed by atoms with Crippen molar-refractivity contribution in [3.8, 4) is 0 Å². The van der Waals surface area contributed by atoms with Crippen LogP contribution in [-0.4, -0.2) is 50.2 Å². The third-order valence-electron chi connectivity index (χ3n) is 5.17. The second-order valence-electron chi connectivity index (χ2n) is 6.74. The first-order valence-corrected chi connectivity index (χ1v) is 8.73. The Labute approximate surface area is 162 Å². The van der Waals surface area contributed by atoms with E-state index in [4.69, 9.17) is 14.2 Å². The average Bonchev–Trinajstić information content (AvgIpc) is 2.65. The fourth-order valence-corrected chi connectivity index (χ4v) is 4.14. The molecular formula is C20H21NO7. The molecule has 1 amide bonds. The number of hydrogen-bond donors (Lipinski definition) is 0. The van der Waals surface area contributed by atoms with Gasteiger partial charge in [0.1, 0.15) is 18.1 Å². The molecule has 0 unspecified atom stereocenters. The number of hydrogen-bond acceptors (Lipinski definition) is 7. The number of amides is 1. The predicted molar refractivity (Wildman–Crippen MR) is 97.3 cm³/mol. The SMILES string of the molecule is COC(=O)[C@]12c3ccccc3N(C)C(=O)[C@H]1[C@H](OC(C)=O)C=C[C@@H]2OC(C)=O. The standard InChI is InChI=1S/C20H21NO7/c1-11(22)27-15-9-10-16(28-12(2)23)20(19(25)26-4)13-7-5-6-8-14(13)21(3)18(24)17(15)20/h5-10,15-17H,1-4H3/t15-,16+,17-,20+/m1/s1. The first-order chi connectivity index (χ1) is 13.2. The Morgan fingerprint density at radius 2 is 1.68 bits per heavy atom. The molecule has 1 aromatic carbocycles. The molecule has 0 saturated carbocycles. The first kappa shape index (κ1) is 19.6. The van der Waals surface area contributed by atoms with Crippen molar-refractivity contribution < 1.29 is 33.4 Å². The van der Waals surface area contributed by atoms with Crippen LogP contribution in [-0.2, 0) is 38.8 Å². The van der Waals surface area contributed by atoms with Gasteiger partial charge < -0.3 is 19.1 Å². The molecule has 0 saturated heterocycles. The van der Waals surface area contributed by atoms with E-state index in [0.29, 0.717) is 11.3 Å². The summed E-state index contributed by atoms with van der Waals surface area (Å²) in [6, 6.07) is 6.83. The van der Waals surface area contributed by atoms with E-state index in [2.05, 4.69) is 0 Å². The van der Waals surface area contributed by atoms with Gasteiger partial charge in [-0.3, -0.25) is 19.2 Å². The maximum Gasteiger partial charge on any atom is 0.321 e. The van der Waals surface area contributed by atoms with Crippen molar-refractivity contribution in [2.45, 2.75) is 31.5 Å². The molecule has 8 nitrogen and oxygen atoms in total. The summed E-state index contributed by atoms with van der Waals surface area (Å²) in [7, 11) is 2.77. The fraction of sp³-hybridized carbons (Fsp3) is 0.400. The molecule has 0 aromatic heterocycles. The van der Waals surface area contributed by atoms with Crippen molar-refractivity contribution in [2.24, 2.45) is 5.92 Å². The molecule has 4 atom stereocenters. The van der Waals surface area contributed by atoms with Crippen LogP contribution < -0.4 is 4.90 Å². The summed E-state index contributed by atoms with van der Waals surface area (Å²) in [5.74, 6) is -3.57. The van der Waals surface area contributed by atoms with Crippen molar-refractivity contribution in [2.75, 3.05) is 19.1 Å². The van der Waals surface area contributed by atoms with E-state index in [0.717, 1.165) is 0 Å². The van der Waals surface area contributed by atoms with Crippen LogP contribution in [0.1, 0.15) is 19.4 Å². The predicted octanol–water partition coefficient (Wildman–Crippen LogP) is 1.12. The highest BCUT2D eigenvalue weighted by Gasteiger charge is 2.66. The summed E-state index contributed by atoms with van der Waals surface area (Å²) in [5.41, 5.74) is -0.736. The lowest BCUT2D eigenvalue weighted by atomic mass is 9.59. The number of carbonyl (C=O) groups is 4. The number of carbonyl (C=O) groups excluding carboxylic acids is 4. The van der Waals surface area contributed by atoms with Crippen molar-refractivity contribution in [3.05, 3.63) is 42.0 Å². The summed E-state index contributed by atoms with van der Waals surface area (Å²) >= 11 is 0. The fourth-order valence-electron chi connectivity index (χ4n) is 4.14. The van der Waals surface area contributed by atoms with Gasteiger partial charge >= 0.3 is 17.9 Å². The Hall–Kier alpha value is -3.16. The maximum absolute atomic E-state index is 13.3. The van der Waals surface area contributed by atoms with Crippen LogP contribution in [0.5, 0.6) is 0 Å². The molecule has 0 N–H and O–H groups in total. The zero-order chi connectivity index (χ0) is 20.6. The van der Waals surface area contributed by atoms with Gasteiger partial charge in [-0.25, -0.2) is 0 Å². The number of esters is 3. The number of fused-ring (bicyclic) bond motifs is 3. The number of para-hydroxylation sites is 1. The van der Waals surface area contributed by atoms with Crippen LogP contribution in [0.15, 0.2) is 36.4 Å². The minimum Gasteiger partial charge on any atom is -0.468 e. The van der Waals surface area contributed by atoms with Gasteiger partial charge in [0.15, 0.2) is 5.41 Å². The number of methoxy groups -OCH3 is 1. The van der Waals surface area contributed by atoms with Crippen LogP contribution in [0.4, 0.5) is 5.69 Å². The number of ether oxygens (including phenoxy) is 3. The van der Waals surface area contributed by atoms with E-state index in [-0.39, 0.29) is 0 Å². The smallest absolute Gasteiger partial charge is 0.321 e. The molecule has 0 radical (unpaired) electrons. The average molecular weight is 387 g/mol. The number of benzene rings is 1. The van der Waals surface area contributed by atoms with E-state index in [9.17, 15) is 19.2 Å². The quantitative estimate of drug-likeness (QED) is 0.435. The molecule has 2 aliphatic rings. The topological polar surface area (TPSA) is 99.2 Å². The molecule has 3 rings (SSSR count). The molecule has 1 aliphatic carbocycles. The van der Waals surface area contributed by atoms with Gasteiger partial charge in [0.25, 0.3) is 0 Å². The van der Waals surface area contributed by atoms with Crippen molar-refractivity contribution >= 4 is 29.5 Å². The Kier molecular flexibility index (Phi) is 4.97. The monoisotopic (exact) mass is 387 g/mol. The summed E-state index contributed by atoms with van der Waals surface area (Å²) in [5, 5.41) is 0. The number of rotatable bonds is 3. The number of anilines is 1. The number of nitrogens with zero attached hydrogens (tertiary/aromatic N) is 1. The summed E-state index contributed by atoms with van der Waals surface area (Å²) in [4.78, 5) is 51.3. The molecule has 0 bridgehead atoms. The third-order valence-corrected chi connectivity index (χ3v) is 5.17. The molecular weight excluding hydrogens is 366 g/mol. The van der Waals surface area contributed by atoms with Gasteiger partial charge in [-0.2, -0.15) is 0 Å². The van der Waals surface area contributed by atoms with Crippen molar-refractivity contribution in [1.29, 1.82) is 0 Å². The molecule has 0 spiro atoms. The van der Waals surface area contributed by atoms with Crippen LogP contribution in [0.25, 0.3) is 0 Å². The van der Waals surface area contributed by atoms with Crippen LogP contribution in [0, 0.1) is 5.92 Å². The molecule has 1 aliphatic heterocycles. The Balaban J connectivity index is 2.35. The molecule has 1 aromatic rings. The van der Waals surface area contributed by atoms with Crippen molar-refractivity contribution in [1.82, 2.24) is 0 Å². The highest BCUT2D eigenvalue weighted by molar-refractivity contribution is 6.07. The van der Waals surface area contributed by atoms with E-state index in [1.54, 1.807) is 31.3 Å². The summed E-state index contributed by atoms with van der Waals surface area (Å²) < 4.78 is 15.9. The van der Waals surface area contributed by atoms with E-state index >= 15 is 0 Å². The molecule has 148 valence electrons. The van der Waals surface area contributed by atoms with Crippen LogP contribution >= 0.6 is 0 Å². The normalized spacial score (nSPS) is 28.1. The molecule has 28 heavy (non-hydrogen) atoms. The van der Waals surface area contributed by atoms with Crippen LogP contribution in [0.2, 0.25) is 0 Å². The summed E-state index contributed by atoms with van der Waals surface area (Å²) in [6.45, 7) is 2.44. The molecule has 0 fully saturated rings. The molecule has 8 heteroatoms. The van der Waals surface area contributed by atoms with E-state index in [1.807, 2.05) is 0 Å². The summed E-state index contributed by atoms with van der Waals surface area (Å²) in [6.07, 6.45) is 0.818. The third kappa shape index (κ3) is 2.76. The minimum atomic E-state index is -1.69. The zero-order valence-corrected chi connectivity index (χ0v) is 16.0. The minimum absolute atomic E-state index is 0.447. The Morgan fingerprint density at radius 3 is 2.29 bits per heavy atom. The second-order valence-corrected chi connectivity index (χ2v) is 6.74. The lowest BCUT2D eigenvalue weighted by Gasteiger charge is -2.50. The lowest BCUT2D eigenvalue weighted by molar-refractivity contribution is -0.174. The highest BCUT2D eigenvalue weighted by Crippen LogP contribution is 2.51. The van der Waals surface area contributed by atoms with Gasteiger partial charge in [0, 0.05) is 26.6 Å². The van der Waals surface area contributed by atoms with Gasteiger partial charge in [-0.1, -0.05) is 18.2 Å². The first-order valence-electron chi connectivity index (χ1n) is 8.73. The lowest BCUT2D eigenvalue weighted by Crippen LogP contribution is -2.66. The maximum atomic E-state index is 13.3.